The van der Waals surface area contributed by atoms with E-state index in [4.69, 9.17) is 4.74 Å². The summed E-state index contributed by atoms with van der Waals surface area (Å²) in [5.74, 6) is -1.77. The average molecular weight is 426 g/mol. The largest absolute Gasteiger partial charge is 0.452 e. The van der Waals surface area contributed by atoms with Crippen molar-refractivity contribution in [1.82, 2.24) is 4.90 Å². The van der Waals surface area contributed by atoms with Gasteiger partial charge in [0.1, 0.15) is 5.82 Å². The van der Waals surface area contributed by atoms with Gasteiger partial charge >= 0.3 is 5.97 Å². The minimum atomic E-state index is -0.925. The van der Waals surface area contributed by atoms with Crippen LogP contribution in [0, 0.1) is 25.6 Å². The molecule has 0 aliphatic carbocycles. The second-order valence-electron chi connectivity index (χ2n) is 7.96. The molecule has 2 aromatic carbocycles. The lowest BCUT2D eigenvalue weighted by Gasteiger charge is -2.31. The zero-order chi connectivity index (χ0) is 22.5. The second-order valence-corrected chi connectivity index (χ2v) is 7.96. The van der Waals surface area contributed by atoms with Gasteiger partial charge in [-0.25, -0.2) is 4.39 Å². The molecule has 0 radical (unpaired) electrons. The first kappa shape index (κ1) is 22.5. The van der Waals surface area contributed by atoms with Crippen LogP contribution in [0.1, 0.15) is 41.3 Å². The number of rotatable bonds is 5. The number of esters is 1. The Hall–Kier alpha value is -3.22. The van der Waals surface area contributed by atoms with Crippen molar-refractivity contribution in [3.63, 3.8) is 0 Å². The van der Waals surface area contributed by atoms with Crippen LogP contribution in [0.15, 0.2) is 42.5 Å². The van der Waals surface area contributed by atoms with Gasteiger partial charge in [0.15, 0.2) is 6.10 Å². The fourth-order valence-corrected chi connectivity index (χ4v) is 3.52. The summed E-state index contributed by atoms with van der Waals surface area (Å²) in [6.07, 6.45) is -0.0138. The normalized spacial score (nSPS) is 15.3. The molecule has 1 heterocycles. The summed E-state index contributed by atoms with van der Waals surface area (Å²) >= 11 is 0. The third-order valence-electron chi connectivity index (χ3n) is 5.52. The maximum absolute atomic E-state index is 13.0. The highest BCUT2D eigenvalue weighted by molar-refractivity contribution is 5.96. The fourth-order valence-electron chi connectivity index (χ4n) is 3.52. The van der Waals surface area contributed by atoms with Crippen molar-refractivity contribution in [1.29, 1.82) is 0 Å². The number of anilines is 1. The Morgan fingerprint density at radius 3 is 2.35 bits per heavy atom. The van der Waals surface area contributed by atoms with E-state index in [1.807, 2.05) is 32.0 Å². The van der Waals surface area contributed by atoms with Crippen molar-refractivity contribution in [3.8, 4) is 0 Å². The van der Waals surface area contributed by atoms with E-state index in [0.29, 0.717) is 37.2 Å². The predicted octanol–water partition coefficient (Wildman–Crippen LogP) is 3.87. The van der Waals surface area contributed by atoms with E-state index >= 15 is 0 Å². The van der Waals surface area contributed by atoms with Gasteiger partial charge in [0.2, 0.25) is 0 Å². The third kappa shape index (κ3) is 5.69. The predicted molar refractivity (Wildman–Crippen MR) is 115 cm³/mol. The Morgan fingerprint density at radius 1 is 1.06 bits per heavy atom. The summed E-state index contributed by atoms with van der Waals surface area (Å²) in [5, 5.41) is 2.81. The lowest BCUT2D eigenvalue weighted by atomic mass is 9.96. The molecule has 1 aliphatic heterocycles. The molecular weight excluding hydrogens is 399 g/mol. The van der Waals surface area contributed by atoms with Crippen LogP contribution in [-0.2, 0) is 14.3 Å². The van der Waals surface area contributed by atoms with Crippen LogP contribution in [0.4, 0.5) is 10.1 Å². The van der Waals surface area contributed by atoms with Gasteiger partial charge in [-0.2, -0.15) is 0 Å². The molecule has 164 valence electrons. The van der Waals surface area contributed by atoms with E-state index in [-0.39, 0.29) is 17.7 Å². The van der Waals surface area contributed by atoms with Gasteiger partial charge in [-0.1, -0.05) is 12.1 Å². The number of amides is 2. The van der Waals surface area contributed by atoms with Crippen LogP contribution in [0.3, 0.4) is 0 Å². The second kappa shape index (κ2) is 9.73. The minimum Gasteiger partial charge on any atom is -0.452 e. The van der Waals surface area contributed by atoms with Gasteiger partial charge in [-0.15, -0.1) is 0 Å². The van der Waals surface area contributed by atoms with Crippen molar-refractivity contribution in [3.05, 3.63) is 65.0 Å². The van der Waals surface area contributed by atoms with Crippen molar-refractivity contribution in [2.45, 2.75) is 39.7 Å². The van der Waals surface area contributed by atoms with Crippen LogP contribution < -0.4 is 5.32 Å². The average Bonchev–Trinajstić information content (AvgIpc) is 2.76. The summed E-state index contributed by atoms with van der Waals surface area (Å²) in [4.78, 5) is 39.1. The van der Waals surface area contributed by atoms with Crippen molar-refractivity contribution >= 4 is 23.5 Å². The molecule has 6 nitrogen and oxygen atoms in total. The molecule has 0 spiro atoms. The smallest absolute Gasteiger partial charge is 0.309 e. The number of hydrogen-bond acceptors (Lipinski definition) is 4. The molecule has 0 bridgehead atoms. The lowest BCUT2D eigenvalue weighted by molar-refractivity contribution is -0.158. The molecule has 1 aliphatic rings. The highest BCUT2D eigenvalue weighted by atomic mass is 19.1. The summed E-state index contributed by atoms with van der Waals surface area (Å²) in [7, 11) is 0. The zero-order valence-electron chi connectivity index (χ0n) is 18.0. The van der Waals surface area contributed by atoms with E-state index < -0.39 is 17.9 Å². The number of nitrogens with zero attached hydrogens (tertiary/aromatic N) is 1. The number of hydrogen-bond donors (Lipinski definition) is 1. The number of piperidine rings is 1. The number of carbonyl (C=O) groups excluding carboxylic acids is 3. The number of halogens is 1. The molecule has 1 saturated heterocycles. The first-order valence-corrected chi connectivity index (χ1v) is 10.4. The zero-order valence-corrected chi connectivity index (χ0v) is 18.0. The first-order valence-electron chi connectivity index (χ1n) is 10.4. The number of carbonyl (C=O) groups is 3. The van der Waals surface area contributed by atoms with Gasteiger partial charge in [0, 0.05) is 24.3 Å². The number of ether oxygens (including phenoxy) is 1. The van der Waals surface area contributed by atoms with Gasteiger partial charge in [-0.05, 0) is 75.1 Å². The van der Waals surface area contributed by atoms with Gasteiger partial charge in [-0.3, -0.25) is 14.4 Å². The molecule has 1 atom stereocenters. The summed E-state index contributed by atoms with van der Waals surface area (Å²) < 4.78 is 18.4. The number of likely N-dealkylation sites (tertiary alicyclic amines) is 1. The maximum Gasteiger partial charge on any atom is 0.309 e. The van der Waals surface area contributed by atoms with Gasteiger partial charge < -0.3 is 15.0 Å². The Bertz CT molecular complexity index is 966. The monoisotopic (exact) mass is 426 g/mol. The SMILES string of the molecule is Cc1ccc(C)c(NC(=O)[C@H](C)OC(=O)C2CCN(C(=O)c3ccc(F)cc3)CC2)c1. The first-order chi connectivity index (χ1) is 14.7. The lowest BCUT2D eigenvalue weighted by Crippen LogP contribution is -2.41. The van der Waals surface area contributed by atoms with Crippen LogP contribution in [0.5, 0.6) is 0 Å². The number of aryl methyl sites for hydroxylation is 2. The van der Waals surface area contributed by atoms with Crippen LogP contribution >= 0.6 is 0 Å². The third-order valence-corrected chi connectivity index (χ3v) is 5.52. The molecule has 0 aromatic heterocycles. The molecule has 31 heavy (non-hydrogen) atoms. The molecule has 2 aromatic rings. The number of benzene rings is 2. The van der Waals surface area contributed by atoms with Crippen LogP contribution in [0.2, 0.25) is 0 Å². The fraction of sp³-hybridized carbons (Fsp3) is 0.375. The van der Waals surface area contributed by atoms with E-state index in [9.17, 15) is 18.8 Å². The quantitative estimate of drug-likeness (QED) is 0.737. The topological polar surface area (TPSA) is 75.7 Å². The van der Waals surface area contributed by atoms with Crippen molar-refractivity contribution < 1.29 is 23.5 Å². The molecule has 1 fully saturated rings. The van der Waals surface area contributed by atoms with Crippen molar-refractivity contribution in [2.24, 2.45) is 5.92 Å². The highest BCUT2D eigenvalue weighted by Gasteiger charge is 2.30. The van der Waals surface area contributed by atoms with E-state index in [2.05, 4.69) is 5.32 Å². The Kier molecular flexibility index (Phi) is 7.05. The summed E-state index contributed by atoms with van der Waals surface area (Å²) in [5.41, 5.74) is 3.06. The van der Waals surface area contributed by atoms with E-state index in [1.165, 1.54) is 24.3 Å². The molecule has 0 unspecified atom stereocenters. The van der Waals surface area contributed by atoms with Gasteiger partial charge in [0.05, 0.1) is 5.92 Å². The highest BCUT2D eigenvalue weighted by Crippen LogP contribution is 2.22. The molecule has 3 rings (SSSR count). The Morgan fingerprint density at radius 2 is 1.71 bits per heavy atom. The minimum absolute atomic E-state index is 0.187. The summed E-state index contributed by atoms with van der Waals surface area (Å²) in [6, 6.07) is 11.2. The maximum atomic E-state index is 13.0. The Balaban J connectivity index is 1.50. The summed E-state index contributed by atoms with van der Waals surface area (Å²) in [6.45, 7) is 6.18. The molecule has 0 saturated carbocycles. The van der Waals surface area contributed by atoms with Crippen molar-refractivity contribution in [2.75, 3.05) is 18.4 Å². The molecule has 2 amide bonds. The molecule has 7 heteroatoms. The standard InChI is InChI=1S/C24H27FN2O4/c1-15-4-5-16(2)21(14-15)26-22(28)17(3)31-24(30)19-10-12-27(13-11-19)23(29)18-6-8-20(25)9-7-18/h4-9,14,17,19H,10-13H2,1-3H3,(H,26,28)/t17-/m0/s1. The number of nitrogens with one attached hydrogen (secondary N) is 1. The van der Waals surface area contributed by atoms with Gasteiger partial charge in [0.25, 0.3) is 11.8 Å². The van der Waals surface area contributed by atoms with E-state index in [1.54, 1.807) is 11.8 Å². The van der Waals surface area contributed by atoms with Crippen LogP contribution in [0.25, 0.3) is 0 Å². The Labute approximate surface area is 181 Å². The van der Waals surface area contributed by atoms with Crippen LogP contribution in [-0.4, -0.2) is 41.9 Å². The molecular formula is C24H27FN2O4. The molecule has 1 N–H and O–H groups in total. The van der Waals surface area contributed by atoms with E-state index in [0.717, 1.165) is 11.1 Å².